The van der Waals surface area contributed by atoms with Crippen LogP contribution in [0.4, 0.5) is 5.69 Å². The van der Waals surface area contributed by atoms with Crippen LogP contribution in [0.15, 0.2) is 42.5 Å². The first kappa shape index (κ1) is 12.9. The lowest BCUT2D eigenvalue weighted by Crippen LogP contribution is -1.87. The number of rotatable bonds is 3. The van der Waals surface area contributed by atoms with E-state index in [0.29, 0.717) is 11.1 Å². The van der Waals surface area contributed by atoms with E-state index in [2.05, 4.69) is 31.0 Å². The summed E-state index contributed by atoms with van der Waals surface area (Å²) in [5.74, 6) is 1.33. The van der Waals surface area contributed by atoms with Crippen molar-refractivity contribution in [3.8, 4) is 10.9 Å². The number of nitrogens with two attached hydrogens (primary N) is 1. The molecule has 0 saturated carbocycles. The van der Waals surface area contributed by atoms with Crippen molar-refractivity contribution in [3.63, 3.8) is 0 Å². The fourth-order valence-corrected chi connectivity index (χ4v) is 2.87. The van der Waals surface area contributed by atoms with Crippen molar-refractivity contribution >= 4 is 27.2 Å². The molecule has 0 fully saturated rings. The molecule has 0 bridgehead atoms. The Morgan fingerprint density at radius 2 is 1.85 bits per heavy atom. The van der Waals surface area contributed by atoms with Gasteiger partial charge < -0.3 is 10.5 Å². The van der Waals surface area contributed by atoms with Crippen molar-refractivity contribution in [2.45, 2.75) is 19.8 Å². The molecule has 102 valence electrons. The SMILES string of the molecule is CC(C)c1ccc(Oc2nc3ccc(N)cc3s2)cc1. The second-order valence-corrected chi connectivity index (χ2v) is 6.03. The highest BCUT2D eigenvalue weighted by atomic mass is 32.1. The van der Waals surface area contributed by atoms with Gasteiger partial charge in [-0.05, 0) is 41.8 Å². The van der Waals surface area contributed by atoms with Gasteiger partial charge in [-0.3, -0.25) is 0 Å². The molecule has 4 heteroatoms. The lowest BCUT2D eigenvalue weighted by molar-refractivity contribution is 0.480. The normalized spacial score (nSPS) is 11.2. The molecule has 3 nitrogen and oxygen atoms in total. The van der Waals surface area contributed by atoms with Gasteiger partial charge in [0.1, 0.15) is 5.75 Å². The maximum atomic E-state index is 5.80. The zero-order valence-corrected chi connectivity index (χ0v) is 12.3. The molecule has 20 heavy (non-hydrogen) atoms. The first-order valence-corrected chi connectivity index (χ1v) is 7.37. The van der Waals surface area contributed by atoms with Gasteiger partial charge in [0.2, 0.25) is 0 Å². The van der Waals surface area contributed by atoms with E-state index in [1.807, 2.05) is 30.3 Å². The predicted molar refractivity (Wildman–Crippen MR) is 84.6 cm³/mol. The Kier molecular flexibility index (Phi) is 3.32. The zero-order valence-electron chi connectivity index (χ0n) is 11.5. The third-order valence-corrected chi connectivity index (χ3v) is 4.04. The van der Waals surface area contributed by atoms with E-state index in [1.54, 1.807) is 0 Å². The number of ether oxygens (including phenoxy) is 1. The fourth-order valence-electron chi connectivity index (χ4n) is 1.99. The molecule has 1 heterocycles. The summed E-state index contributed by atoms with van der Waals surface area (Å²) in [4.78, 5) is 4.45. The van der Waals surface area contributed by atoms with Gasteiger partial charge >= 0.3 is 0 Å². The Balaban J connectivity index is 1.85. The van der Waals surface area contributed by atoms with Crippen LogP contribution in [0.3, 0.4) is 0 Å². The number of hydrogen-bond donors (Lipinski definition) is 1. The molecule has 0 amide bonds. The molecule has 0 aliphatic heterocycles. The van der Waals surface area contributed by atoms with Crippen molar-refractivity contribution in [2.75, 3.05) is 5.73 Å². The van der Waals surface area contributed by atoms with Crippen LogP contribution < -0.4 is 10.5 Å². The minimum atomic E-state index is 0.523. The van der Waals surface area contributed by atoms with Gasteiger partial charge in [0.25, 0.3) is 5.19 Å². The first-order valence-electron chi connectivity index (χ1n) is 6.56. The molecular weight excluding hydrogens is 268 g/mol. The molecule has 0 radical (unpaired) electrons. The van der Waals surface area contributed by atoms with E-state index in [1.165, 1.54) is 16.9 Å². The molecule has 0 saturated heterocycles. The molecule has 3 aromatic rings. The van der Waals surface area contributed by atoms with Gasteiger partial charge in [0.05, 0.1) is 10.2 Å². The summed E-state index contributed by atoms with van der Waals surface area (Å²) in [5.41, 5.74) is 8.73. The molecule has 1 aromatic heterocycles. The van der Waals surface area contributed by atoms with Gasteiger partial charge in [-0.25, -0.2) is 4.98 Å². The molecule has 0 aliphatic rings. The maximum Gasteiger partial charge on any atom is 0.279 e. The Morgan fingerprint density at radius 3 is 2.55 bits per heavy atom. The van der Waals surface area contributed by atoms with Crippen molar-refractivity contribution < 1.29 is 4.74 Å². The minimum Gasteiger partial charge on any atom is -0.431 e. The molecule has 0 aliphatic carbocycles. The average Bonchev–Trinajstić information content (AvgIpc) is 2.80. The third-order valence-electron chi connectivity index (χ3n) is 3.14. The molecule has 2 N–H and O–H groups in total. The summed E-state index contributed by atoms with van der Waals surface area (Å²) in [6.45, 7) is 4.35. The lowest BCUT2D eigenvalue weighted by atomic mass is 10.0. The lowest BCUT2D eigenvalue weighted by Gasteiger charge is -2.06. The number of hydrogen-bond acceptors (Lipinski definition) is 4. The molecule has 0 unspecified atom stereocenters. The number of nitrogen functional groups attached to an aromatic ring is 1. The van der Waals surface area contributed by atoms with Crippen LogP contribution in [0.5, 0.6) is 10.9 Å². The van der Waals surface area contributed by atoms with Gasteiger partial charge in [-0.15, -0.1) is 0 Å². The predicted octanol–water partition coefficient (Wildman–Crippen LogP) is 4.79. The van der Waals surface area contributed by atoms with Gasteiger partial charge in [0, 0.05) is 5.69 Å². The van der Waals surface area contributed by atoms with Crippen molar-refractivity contribution in [3.05, 3.63) is 48.0 Å². The smallest absolute Gasteiger partial charge is 0.279 e. The van der Waals surface area contributed by atoms with E-state index in [4.69, 9.17) is 10.5 Å². The summed E-state index contributed by atoms with van der Waals surface area (Å²) in [6, 6.07) is 13.8. The van der Waals surface area contributed by atoms with Crippen molar-refractivity contribution in [2.24, 2.45) is 0 Å². The molecule has 2 aromatic carbocycles. The molecule has 0 spiro atoms. The average molecular weight is 284 g/mol. The first-order chi connectivity index (χ1) is 9.61. The van der Waals surface area contributed by atoms with Crippen molar-refractivity contribution in [1.82, 2.24) is 4.98 Å². The number of fused-ring (bicyclic) bond motifs is 1. The summed E-state index contributed by atoms with van der Waals surface area (Å²) < 4.78 is 6.85. The highest BCUT2D eigenvalue weighted by Crippen LogP contribution is 2.32. The summed E-state index contributed by atoms with van der Waals surface area (Å²) in [7, 11) is 0. The van der Waals surface area contributed by atoms with E-state index in [-0.39, 0.29) is 0 Å². The summed E-state index contributed by atoms with van der Waals surface area (Å²) in [5, 5.41) is 0.642. The Hall–Kier alpha value is -2.07. The van der Waals surface area contributed by atoms with Crippen LogP contribution in [0.25, 0.3) is 10.2 Å². The van der Waals surface area contributed by atoms with Crippen LogP contribution in [0.2, 0.25) is 0 Å². The third kappa shape index (κ3) is 2.60. The van der Waals surface area contributed by atoms with Crippen LogP contribution in [0.1, 0.15) is 25.3 Å². The van der Waals surface area contributed by atoms with Crippen LogP contribution in [-0.4, -0.2) is 4.98 Å². The maximum absolute atomic E-state index is 5.80. The van der Waals surface area contributed by atoms with Gasteiger partial charge in [-0.1, -0.05) is 37.3 Å². The number of thiazole rings is 1. The second kappa shape index (κ2) is 5.13. The highest BCUT2D eigenvalue weighted by Gasteiger charge is 2.07. The standard InChI is InChI=1S/C16H16N2OS/c1-10(2)11-3-6-13(7-4-11)19-16-18-14-8-5-12(17)9-15(14)20-16/h3-10H,17H2,1-2H3. The molecular formula is C16H16N2OS. The van der Waals surface area contributed by atoms with E-state index in [0.717, 1.165) is 21.7 Å². The number of benzene rings is 2. The number of anilines is 1. The summed E-state index contributed by atoms with van der Waals surface area (Å²) >= 11 is 1.50. The fraction of sp³-hybridized carbons (Fsp3) is 0.188. The molecule has 0 atom stereocenters. The summed E-state index contributed by atoms with van der Waals surface area (Å²) in [6.07, 6.45) is 0. The highest BCUT2D eigenvalue weighted by molar-refractivity contribution is 7.20. The Morgan fingerprint density at radius 1 is 1.10 bits per heavy atom. The Bertz CT molecular complexity index is 732. The zero-order chi connectivity index (χ0) is 14.1. The Labute approximate surface area is 122 Å². The van der Waals surface area contributed by atoms with Crippen LogP contribution >= 0.6 is 11.3 Å². The van der Waals surface area contributed by atoms with Crippen molar-refractivity contribution in [1.29, 1.82) is 0 Å². The monoisotopic (exact) mass is 284 g/mol. The minimum absolute atomic E-state index is 0.523. The molecule has 3 rings (SSSR count). The topological polar surface area (TPSA) is 48.1 Å². The quantitative estimate of drug-likeness (QED) is 0.703. The largest absolute Gasteiger partial charge is 0.431 e. The number of aromatic nitrogens is 1. The second-order valence-electron chi connectivity index (χ2n) is 5.03. The van der Waals surface area contributed by atoms with E-state index >= 15 is 0 Å². The van der Waals surface area contributed by atoms with E-state index in [9.17, 15) is 0 Å². The van der Waals surface area contributed by atoms with Gasteiger partial charge in [0.15, 0.2) is 0 Å². The van der Waals surface area contributed by atoms with Crippen LogP contribution in [-0.2, 0) is 0 Å². The van der Waals surface area contributed by atoms with E-state index < -0.39 is 0 Å². The van der Waals surface area contributed by atoms with Gasteiger partial charge in [-0.2, -0.15) is 0 Å². The number of nitrogens with zero attached hydrogens (tertiary/aromatic N) is 1. The van der Waals surface area contributed by atoms with Crippen LogP contribution in [0, 0.1) is 0 Å².